The van der Waals surface area contributed by atoms with Crippen LogP contribution in [0.2, 0.25) is 0 Å². The predicted octanol–water partition coefficient (Wildman–Crippen LogP) is 3.88. The Labute approximate surface area is 171 Å². The summed E-state index contributed by atoms with van der Waals surface area (Å²) in [6.07, 6.45) is 6.77. The topological polar surface area (TPSA) is 53.4 Å². The summed E-state index contributed by atoms with van der Waals surface area (Å²) < 4.78 is 1.73. The Hall–Kier alpha value is -3.02. The molecule has 1 N–H and O–H groups in total. The number of nitrogens with zero attached hydrogens (tertiary/aromatic N) is 4. The quantitative estimate of drug-likeness (QED) is 0.720. The van der Waals surface area contributed by atoms with E-state index in [1.54, 1.807) is 4.68 Å². The van der Waals surface area contributed by atoms with Gasteiger partial charge in [-0.2, -0.15) is 5.10 Å². The lowest BCUT2D eigenvalue weighted by Gasteiger charge is -2.27. The molecule has 2 aliphatic heterocycles. The molecule has 0 spiro atoms. The fourth-order valence-corrected chi connectivity index (χ4v) is 4.52. The number of carbonyl (C=O) groups is 1. The molecule has 3 heterocycles. The van der Waals surface area contributed by atoms with Gasteiger partial charge in [-0.25, -0.2) is 0 Å². The molecule has 0 radical (unpaired) electrons. The zero-order valence-electron chi connectivity index (χ0n) is 16.7. The Balaban J connectivity index is 1.42. The molecule has 2 aliphatic rings. The summed E-state index contributed by atoms with van der Waals surface area (Å²) in [6.45, 7) is 4.42. The van der Waals surface area contributed by atoms with Crippen molar-refractivity contribution in [1.82, 2.24) is 9.78 Å². The second-order valence-electron chi connectivity index (χ2n) is 7.99. The number of para-hydroxylation sites is 1. The molecule has 6 heteroatoms. The Morgan fingerprint density at radius 3 is 2.10 bits per heavy atom. The van der Waals surface area contributed by atoms with Crippen LogP contribution in [0.5, 0.6) is 0 Å². The third-order valence-corrected chi connectivity index (χ3v) is 5.95. The minimum Gasteiger partial charge on any atom is -0.370 e. The molecule has 2 saturated heterocycles. The molecule has 0 saturated carbocycles. The summed E-state index contributed by atoms with van der Waals surface area (Å²) >= 11 is 0. The molecule has 29 heavy (non-hydrogen) atoms. The standard InChI is InChI=1S/C23H27N5O/c29-22(17-28-16-18-8-1-2-9-19(18)25-28)24-23-20(26-12-3-4-13-26)10-7-11-21(23)27-14-5-6-15-27/h1-2,7-11,16H,3-6,12-15,17H2,(H,24,29). The summed E-state index contributed by atoms with van der Waals surface area (Å²) in [5.74, 6) is -0.0371. The van der Waals surface area contributed by atoms with Gasteiger partial charge in [0, 0.05) is 37.8 Å². The van der Waals surface area contributed by atoms with Crippen LogP contribution in [-0.2, 0) is 11.3 Å². The highest BCUT2D eigenvalue weighted by Gasteiger charge is 2.23. The number of aromatic nitrogens is 2. The molecule has 0 atom stereocenters. The lowest BCUT2D eigenvalue weighted by molar-refractivity contribution is -0.116. The van der Waals surface area contributed by atoms with Crippen LogP contribution in [0.25, 0.3) is 10.9 Å². The zero-order chi connectivity index (χ0) is 19.6. The van der Waals surface area contributed by atoms with Crippen LogP contribution >= 0.6 is 0 Å². The first-order valence-corrected chi connectivity index (χ1v) is 10.6. The molecule has 5 rings (SSSR count). The number of rotatable bonds is 5. The fraction of sp³-hybridized carbons (Fsp3) is 0.391. The number of amides is 1. The average molecular weight is 390 g/mol. The molecule has 2 fully saturated rings. The van der Waals surface area contributed by atoms with E-state index in [1.807, 2.05) is 30.5 Å². The van der Waals surface area contributed by atoms with Crippen molar-refractivity contribution in [3.8, 4) is 0 Å². The highest BCUT2D eigenvalue weighted by molar-refractivity contribution is 5.99. The van der Waals surface area contributed by atoms with Gasteiger partial charge in [-0.1, -0.05) is 24.3 Å². The molecule has 0 aliphatic carbocycles. The molecular formula is C23H27N5O. The lowest BCUT2D eigenvalue weighted by atomic mass is 10.2. The van der Waals surface area contributed by atoms with Crippen LogP contribution in [-0.4, -0.2) is 41.9 Å². The molecular weight excluding hydrogens is 362 g/mol. The van der Waals surface area contributed by atoms with E-state index in [2.05, 4.69) is 38.4 Å². The predicted molar refractivity (Wildman–Crippen MR) is 118 cm³/mol. The second kappa shape index (κ2) is 7.78. The maximum atomic E-state index is 13.0. The minimum atomic E-state index is -0.0371. The first-order valence-electron chi connectivity index (χ1n) is 10.6. The third kappa shape index (κ3) is 3.67. The van der Waals surface area contributed by atoms with E-state index in [4.69, 9.17) is 0 Å². The molecule has 2 aromatic carbocycles. The number of benzene rings is 2. The van der Waals surface area contributed by atoms with Crippen LogP contribution in [0, 0.1) is 0 Å². The summed E-state index contributed by atoms with van der Waals surface area (Å²) in [7, 11) is 0. The van der Waals surface area contributed by atoms with Gasteiger partial charge in [0.15, 0.2) is 0 Å². The maximum absolute atomic E-state index is 13.0. The third-order valence-electron chi connectivity index (χ3n) is 5.95. The summed E-state index contributed by atoms with van der Waals surface area (Å²) in [6, 6.07) is 14.3. The number of anilines is 3. The van der Waals surface area contributed by atoms with Crippen molar-refractivity contribution in [1.29, 1.82) is 0 Å². The van der Waals surface area contributed by atoms with Crippen molar-refractivity contribution >= 4 is 33.9 Å². The van der Waals surface area contributed by atoms with Crippen molar-refractivity contribution in [2.24, 2.45) is 0 Å². The molecule has 1 aromatic heterocycles. The Morgan fingerprint density at radius 1 is 0.862 bits per heavy atom. The first-order chi connectivity index (χ1) is 14.3. The van der Waals surface area contributed by atoms with Gasteiger partial charge in [0.2, 0.25) is 5.91 Å². The molecule has 0 bridgehead atoms. The van der Waals surface area contributed by atoms with Gasteiger partial charge in [-0.05, 0) is 43.9 Å². The van der Waals surface area contributed by atoms with E-state index in [-0.39, 0.29) is 12.5 Å². The average Bonchev–Trinajstić information content (AvgIpc) is 3.49. The molecule has 150 valence electrons. The number of hydrogen-bond donors (Lipinski definition) is 1. The number of hydrogen-bond acceptors (Lipinski definition) is 4. The Bertz CT molecular complexity index is 948. The van der Waals surface area contributed by atoms with Crippen molar-refractivity contribution in [2.75, 3.05) is 41.3 Å². The van der Waals surface area contributed by atoms with Gasteiger partial charge in [0.25, 0.3) is 0 Å². The monoisotopic (exact) mass is 389 g/mol. The van der Waals surface area contributed by atoms with Crippen LogP contribution in [0.3, 0.4) is 0 Å². The van der Waals surface area contributed by atoms with E-state index in [1.165, 1.54) is 25.7 Å². The smallest absolute Gasteiger partial charge is 0.246 e. The normalized spacial score (nSPS) is 16.7. The Morgan fingerprint density at radius 2 is 1.48 bits per heavy atom. The second-order valence-corrected chi connectivity index (χ2v) is 7.99. The maximum Gasteiger partial charge on any atom is 0.246 e. The minimum absolute atomic E-state index is 0.0371. The van der Waals surface area contributed by atoms with E-state index < -0.39 is 0 Å². The SMILES string of the molecule is O=C(Cn1cc2ccccc2n1)Nc1c(N2CCCC2)cccc1N1CCCC1. The van der Waals surface area contributed by atoms with Gasteiger partial charge < -0.3 is 15.1 Å². The number of fused-ring (bicyclic) bond motifs is 1. The van der Waals surface area contributed by atoms with Gasteiger partial charge in [-0.3, -0.25) is 9.48 Å². The van der Waals surface area contributed by atoms with Crippen LogP contribution in [0.1, 0.15) is 25.7 Å². The van der Waals surface area contributed by atoms with E-state index in [0.717, 1.165) is 54.1 Å². The molecule has 3 aromatic rings. The summed E-state index contributed by atoms with van der Waals surface area (Å²) in [5, 5.41) is 8.82. The molecule has 0 unspecified atom stereocenters. The molecule has 1 amide bonds. The van der Waals surface area contributed by atoms with Crippen molar-refractivity contribution in [3.05, 3.63) is 48.7 Å². The van der Waals surface area contributed by atoms with Crippen molar-refractivity contribution in [2.45, 2.75) is 32.2 Å². The van der Waals surface area contributed by atoms with Crippen molar-refractivity contribution in [3.63, 3.8) is 0 Å². The van der Waals surface area contributed by atoms with E-state index >= 15 is 0 Å². The van der Waals surface area contributed by atoms with E-state index in [9.17, 15) is 4.79 Å². The first kappa shape index (κ1) is 18.0. The molecule has 6 nitrogen and oxygen atoms in total. The van der Waals surface area contributed by atoms with Gasteiger partial charge in [-0.15, -0.1) is 0 Å². The van der Waals surface area contributed by atoms with Gasteiger partial charge in [0.05, 0.1) is 22.6 Å². The van der Waals surface area contributed by atoms with Crippen molar-refractivity contribution < 1.29 is 4.79 Å². The van der Waals surface area contributed by atoms with Crippen LogP contribution < -0.4 is 15.1 Å². The van der Waals surface area contributed by atoms with Gasteiger partial charge in [0.1, 0.15) is 6.54 Å². The van der Waals surface area contributed by atoms with Crippen LogP contribution in [0.15, 0.2) is 48.7 Å². The van der Waals surface area contributed by atoms with Gasteiger partial charge >= 0.3 is 0 Å². The van der Waals surface area contributed by atoms with Crippen LogP contribution in [0.4, 0.5) is 17.1 Å². The highest BCUT2D eigenvalue weighted by atomic mass is 16.2. The summed E-state index contributed by atoms with van der Waals surface area (Å²) in [4.78, 5) is 17.8. The number of nitrogens with one attached hydrogen (secondary N) is 1. The number of carbonyl (C=O) groups excluding carboxylic acids is 1. The summed E-state index contributed by atoms with van der Waals surface area (Å²) in [5.41, 5.74) is 4.16. The van der Waals surface area contributed by atoms with E-state index in [0.29, 0.717) is 0 Å². The zero-order valence-corrected chi connectivity index (χ0v) is 16.7. The largest absolute Gasteiger partial charge is 0.370 e. The highest BCUT2D eigenvalue weighted by Crippen LogP contribution is 2.38. The lowest BCUT2D eigenvalue weighted by Crippen LogP contribution is -2.26. The fourth-order valence-electron chi connectivity index (χ4n) is 4.52. The Kier molecular flexibility index (Phi) is 4.84.